The van der Waals surface area contributed by atoms with Crippen LogP contribution in [-0.2, 0) is 4.74 Å². The van der Waals surface area contributed by atoms with E-state index in [0.29, 0.717) is 5.92 Å². The van der Waals surface area contributed by atoms with Crippen molar-refractivity contribution in [3.63, 3.8) is 0 Å². The van der Waals surface area contributed by atoms with Gasteiger partial charge in [-0.25, -0.2) is 0 Å². The van der Waals surface area contributed by atoms with Crippen LogP contribution < -0.4 is 0 Å². The fraction of sp³-hybridized carbons (Fsp3) is 1.00. The lowest BCUT2D eigenvalue weighted by molar-refractivity contribution is -0.00997. The minimum absolute atomic E-state index is 0.139. The highest BCUT2D eigenvalue weighted by atomic mass is 16.5. The van der Waals surface area contributed by atoms with Crippen molar-refractivity contribution in [2.45, 2.75) is 32.3 Å². The second kappa shape index (κ2) is 3.94. The van der Waals surface area contributed by atoms with Crippen molar-refractivity contribution >= 4 is 0 Å². The molecule has 0 amide bonds. The largest absolute Gasteiger partial charge is 0.393 e. The Morgan fingerprint density at radius 2 is 2.50 bits per heavy atom. The van der Waals surface area contributed by atoms with E-state index >= 15 is 0 Å². The molecular formula is C8H16O2. The van der Waals surface area contributed by atoms with Crippen LogP contribution in [0.4, 0.5) is 0 Å². The Morgan fingerprint density at radius 1 is 1.70 bits per heavy atom. The third-order valence-electron chi connectivity index (χ3n) is 2.16. The Bertz CT molecular complexity index is 87.3. The van der Waals surface area contributed by atoms with Gasteiger partial charge in [0.05, 0.1) is 12.7 Å². The first-order valence-electron chi connectivity index (χ1n) is 4.10. The van der Waals surface area contributed by atoms with Gasteiger partial charge in [0, 0.05) is 12.5 Å². The van der Waals surface area contributed by atoms with Gasteiger partial charge in [0.2, 0.25) is 0 Å². The molecule has 0 aromatic carbocycles. The Labute approximate surface area is 62.2 Å². The van der Waals surface area contributed by atoms with Crippen LogP contribution in [0.2, 0.25) is 0 Å². The van der Waals surface area contributed by atoms with Crippen molar-refractivity contribution in [1.29, 1.82) is 0 Å². The highest BCUT2D eigenvalue weighted by molar-refractivity contribution is 4.69. The number of hydrogen-bond acceptors (Lipinski definition) is 2. The van der Waals surface area contributed by atoms with Gasteiger partial charge in [-0.05, 0) is 19.3 Å². The molecule has 1 fully saturated rings. The minimum Gasteiger partial charge on any atom is -0.393 e. The molecule has 0 unspecified atom stereocenters. The summed E-state index contributed by atoms with van der Waals surface area (Å²) in [5.74, 6) is 0.402. The molecule has 1 N–H and O–H groups in total. The first-order chi connectivity index (χ1) is 4.84. The summed E-state index contributed by atoms with van der Waals surface area (Å²) in [6.45, 7) is 3.65. The van der Waals surface area contributed by atoms with Crippen LogP contribution >= 0.6 is 0 Å². The predicted octanol–water partition coefficient (Wildman–Crippen LogP) is 1.18. The van der Waals surface area contributed by atoms with Crippen LogP contribution in [-0.4, -0.2) is 24.4 Å². The lowest BCUT2D eigenvalue weighted by Gasteiger charge is -2.25. The zero-order valence-electron chi connectivity index (χ0n) is 6.55. The van der Waals surface area contributed by atoms with Gasteiger partial charge < -0.3 is 9.84 Å². The topological polar surface area (TPSA) is 29.5 Å². The highest BCUT2D eigenvalue weighted by Gasteiger charge is 2.20. The van der Waals surface area contributed by atoms with Gasteiger partial charge in [-0.1, -0.05) is 6.92 Å². The van der Waals surface area contributed by atoms with Crippen molar-refractivity contribution in [3.8, 4) is 0 Å². The van der Waals surface area contributed by atoms with Crippen LogP contribution in [0, 0.1) is 5.92 Å². The average molecular weight is 144 g/mol. The molecule has 2 nitrogen and oxygen atoms in total. The average Bonchev–Trinajstić information content (AvgIpc) is 2.05. The van der Waals surface area contributed by atoms with E-state index in [1.807, 2.05) is 6.92 Å². The Hall–Kier alpha value is -0.0800. The van der Waals surface area contributed by atoms with Gasteiger partial charge in [-0.2, -0.15) is 0 Å². The lowest BCUT2D eigenvalue weighted by Crippen LogP contribution is -2.28. The molecule has 0 radical (unpaired) electrons. The van der Waals surface area contributed by atoms with Crippen LogP contribution in [0.3, 0.4) is 0 Å². The summed E-state index contributed by atoms with van der Waals surface area (Å²) < 4.78 is 5.25. The predicted molar refractivity (Wildman–Crippen MR) is 39.8 cm³/mol. The molecule has 0 bridgehead atoms. The van der Waals surface area contributed by atoms with Gasteiger partial charge in [-0.15, -0.1) is 0 Å². The molecular weight excluding hydrogens is 128 g/mol. The molecule has 0 saturated carbocycles. The van der Waals surface area contributed by atoms with Gasteiger partial charge in [0.1, 0.15) is 0 Å². The molecule has 0 aliphatic carbocycles. The first-order valence-corrected chi connectivity index (χ1v) is 4.10. The highest BCUT2D eigenvalue weighted by Crippen LogP contribution is 2.18. The normalized spacial score (nSPS) is 30.0. The smallest absolute Gasteiger partial charge is 0.0587 e. The zero-order chi connectivity index (χ0) is 7.40. The van der Waals surface area contributed by atoms with E-state index in [1.54, 1.807) is 0 Å². The molecule has 1 aliphatic rings. The fourth-order valence-electron chi connectivity index (χ4n) is 1.40. The van der Waals surface area contributed by atoms with Crippen molar-refractivity contribution in [2.24, 2.45) is 5.92 Å². The van der Waals surface area contributed by atoms with Crippen LogP contribution in [0.25, 0.3) is 0 Å². The Morgan fingerprint density at radius 3 is 3.00 bits per heavy atom. The number of rotatable bonds is 2. The van der Waals surface area contributed by atoms with Crippen LogP contribution in [0.5, 0.6) is 0 Å². The van der Waals surface area contributed by atoms with E-state index in [4.69, 9.17) is 4.74 Å². The Kier molecular flexibility index (Phi) is 3.16. The maximum absolute atomic E-state index is 9.40. The lowest BCUT2D eigenvalue weighted by atomic mass is 9.95. The fourth-order valence-corrected chi connectivity index (χ4v) is 1.40. The second-order valence-corrected chi connectivity index (χ2v) is 2.95. The molecule has 1 aliphatic heterocycles. The van der Waals surface area contributed by atoms with Gasteiger partial charge in [-0.3, -0.25) is 0 Å². The SMILES string of the molecule is CC[C@H](O)[C@@H]1CCCOC1. The molecule has 2 heteroatoms. The maximum atomic E-state index is 9.40. The summed E-state index contributed by atoms with van der Waals surface area (Å²) in [7, 11) is 0. The molecule has 0 aromatic rings. The van der Waals surface area contributed by atoms with Gasteiger partial charge in [0.25, 0.3) is 0 Å². The summed E-state index contributed by atoms with van der Waals surface area (Å²) in [6.07, 6.45) is 2.96. The van der Waals surface area contributed by atoms with Crippen molar-refractivity contribution in [1.82, 2.24) is 0 Å². The van der Waals surface area contributed by atoms with E-state index in [-0.39, 0.29) is 6.10 Å². The molecule has 0 aromatic heterocycles. The molecule has 0 spiro atoms. The second-order valence-electron chi connectivity index (χ2n) is 2.95. The summed E-state index contributed by atoms with van der Waals surface area (Å²) in [5, 5.41) is 9.40. The molecule has 1 heterocycles. The Balaban J connectivity index is 2.24. The number of ether oxygens (including phenoxy) is 1. The van der Waals surface area contributed by atoms with E-state index in [0.717, 1.165) is 32.5 Å². The summed E-state index contributed by atoms with van der Waals surface area (Å²) in [4.78, 5) is 0. The van der Waals surface area contributed by atoms with Gasteiger partial charge >= 0.3 is 0 Å². The molecule has 2 atom stereocenters. The number of aliphatic hydroxyl groups is 1. The molecule has 60 valence electrons. The molecule has 10 heavy (non-hydrogen) atoms. The van der Waals surface area contributed by atoms with E-state index < -0.39 is 0 Å². The summed E-state index contributed by atoms with van der Waals surface area (Å²) >= 11 is 0. The standard InChI is InChI=1S/C8H16O2/c1-2-8(9)7-4-3-5-10-6-7/h7-9H,2-6H2,1H3/t7-,8+/m1/s1. The van der Waals surface area contributed by atoms with E-state index in [1.165, 1.54) is 0 Å². The summed E-state index contributed by atoms with van der Waals surface area (Å²) in [5.41, 5.74) is 0. The van der Waals surface area contributed by atoms with Gasteiger partial charge in [0.15, 0.2) is 0 Å². The zero-order valence-corrected chi connectivity index (χ0v) is 6.55. The van der Waals surface area contributed by atoms with Crippen LogP contribution in [0.1, 0.15) is 26.2 Å². The maximum Gasteiger partial charge on any atom is 0.0587 e. The third-order valence-corrected chi connectivity index (χ3v) is 2.16. The summed E-state index contributed by atoms with van der Waals surface area (Å²) in [6, 6.07) is 0. The van der Waals surface area contributed by atoms with Crippen molar-refractivity contribution in [3.05, 3.63) is 0 Å². The molecule has 1 rings (SSSR count). The minimum atomic E-state index is -0.139. The van der Waals surface area contributed by atoms with Crippen molar-refractivity contribution in [2.75, 3.05) is 13.2 Å². The number of hydrogen-bond donors (Lipinski definition) is 1. The monoisotopic (exact) mass is 144 g/mol. The quantitative estimate of drug-likeness (QED) is 0.630. The third kappa shape index (κ3) is 1.96. The number of aliphatic hydroxyl groups excluding tert-OH is 1. The molecule has 1 saturated heterocycles. The van der Waals surface area contributed by atoms with E-state index in [2.05, 4.69) is 0 Å². The van der Waals surface area contributed by atoms with Crippen molar-refractivity contribution < 1.29 is 9.84 Å². The van der Waals surface area contributed by atoms with Crippen LogP contribution in [0.15, 0.2) is 0 Å². The van der Waals surface area contributed by atoms with E-state index in [9.17, 15) is 5.11 Å². The first kappa shape index (κ1) is 8.02.